The van der Waals surface area contributed by atoms with Crippen molar-refractivity contribution in [3.05, 3.63) is 33.3 Å². The second-order valence-corrected chi connectivity index (χ2v) is 6.54. The molecule has 1 aromatic rings. The molecule has 5 heteroatoms. The molecule has 0 spiro atoms. The van der Waals surface area contributed by atoms with Gasteiger partial charge in [-0.15, -0.1) is 0 Å². The van der Waals surface area contributed by atoms with Crippen molar-refractivity contribution < 1.29 is 14.7 Å². The zero-order valence-corrected chi connectivity index (χ0v) is 12.8. The molecule has 3 rings (SSSR count). The highest BCUT2D eigenvalue weighted by atomic mass is 79.9. The van der Waals surface area contributed by atoms with Crippen LogP contribution in [-0.4, -0.2) is 28.4 Å². The van der Waals surface area contributed by atoms with Crippen LogP contribution in [-0.2, 0) is 22.6 Å². The smallest absolute Gasteiger partial charge is 0.307 e. The van der Waals surface area contributed by atoms with E-state index in [0.717, 1.165) is 10.9 Å². The van der Waals surface area contributed by atoms with Crippen molar-refractivity contribution in [3.63, 3.8) is 0 Å². The van der Waals surface area contributed by atoms with Gasteiger partial charge < -0.3 is 10.0 Å². The third kappa shape index (κ3) is 2.35. The van der Waals surface area contributed by atoms with Gasteiger partial charge in [0.2, 0.25) is 5.91 Å². The highest BCUT2D eigenvalue weighted by Crippen LogP contribution is 2.41. The van der Waals surface area contributed by atoms with E-state index in [1.165, 1.54) is 16.7 Å². The maximum atomic E-state index is 12.3. The average molecular weight is 338 g/mol. The van der Waals surface area contributed by atoms with Crippen LogP contribution in [0.3, 0.4) is 0 Å². The Morgan fingerprint density at radius 2 is 2.10 bits per heavy atom. The van der Waals surface area contributed by atoms with Crippen LogP contribution in [0.4, 0.5) is 0 Å². The third-order valence-corrected chi connectivity index (χ3v) is 4.87. The molecule has 2 aliphatic rings. The number of carbonyl (C=O) groups is 2. The molecule has 1 aliphatic heterocycles. The largest absolute Gasteiger partial charge is 0.481 e. The van der Waals surface area contributed by atoms with Crippen molar-refractivity contribution >= 4 is 27.8 Å². The summed E-state index contributed by atoms with van der Waals surface area (Å²) in [5, 5.41) is 8.92. The van der Waals surface area contributed by atoms with Gasteiger partial charge in [0.1, 0.15) is 0 Å². The zero-order valence-electron chi connectivity index (χ0n) is 11.2. The number of amides is 1. The highest BCUT2D eigenvalue weighted by molar-refractivity contribution is 9.10. The number of carbonyl (C=O) groups excluding carboxylic acids is 1. The number of halogens is 1. The van der Waals surface area contributed by atoms with Gasteiger partial charge in [0.25, 0.3) is 0 Å². The Kier molecular flexibility index (Phi) is 3.32. The summed E-state index contributed by atoms with van der Waals surface area (Å²) < 4.78 is 1.11. The molecule has 0 saturated heterocycles. The molecule has 4 nitrogen and oxygen atoms in total. The van der Waals surface area contributed by atoms with Crippen LogP contribution in [0.5, 0.6) is 0 Å². The predicted octanol–water partition coefficient (Wildman–Crippen LogP) is 2.36. The summed E-state index contributed by atoms with van der Waals surface area (Å²) in [5.41, 5.74) is 3.61. The lowest BCUT2D eigenvalue weighted by Crippen LogP contribution is -2.37. The van der Waals surface area contributed by atoms with Crippen LogP contribution in [0.15, 0.2) is 16.6 Å². The van der Waals surface area contributed by atoms with Gasteiger partial charge in [-0.25, -0.2) is 0 Å². The first-order chi connectivity index (χ1) is 9.47. The third-order valence-electron chi connectivity index (χ3n) is 4.16. The van der Waals surface area contributed by atoms with Gasteiger partial charge in [-0.1, -0.05) is 22.0 Å². The van der Waals surface area contributed by atoms with E-state index in [9.17, 15) is 9.59 Å². The molecule has 1 saturated carbocycles. The lowest BCUT2D eigenvalue weighted by molar-refractivity contribution is -0.142. The van der Waals surface area contributed by atoms with E-state index >= 15 is 0 Å². The number of carboxylic acids is 1. The Labute approximate surface area is 125 Å². The summed E-state index contributed by atoms with van der Waals surface area (Å²) in [5.74, 6) is -1.62. The van der Waals surface area contributed by atoms with Crippen molar-refractivity contribution in [2.75, 3.05) is 6.54 Å². The van der Waals surface area contributed by atoms with E-state index < -0.39 is 11.9 Å². The fourth-order valence-corrected chi connectivity index (χ4v) is 3.77. The maximum Gasteiger partial charge on any atom is 0.307 e. The van der Waals surface area contributed by atoms with Gasteiger partial charge in [-0.05, 0) is 42.5 Å². The number of carboxylic acid groups (broad SMARTS) is 1. The van der Waals surface area contributed by atoms with E-state index in [0.29, 0.717) is 19.5 Å². The Hall–Kier alpha value is -1.36. The molecular formula is C15H16BrNO3. The molecule has 1 amide bonds. The molecular weight excluding hydrogens is 322 g/mol. The van der Waals surface area contributed by atoms with E-state index in [1.807, 2.05) is 11.8 Å². The lowest BCUT2D eigenvalue weighted by Gasteiger charge is -2.30. The van der Waals surface area contributed by atoms with Crippen LogP contribution >= 0.6 is 15.9 Å². The van der Waals surface area contributed by atoms with E-state index in [4.69, 9.17) is 5.11 Å². The minimum Gasteiger partial charge on any atom is -0.481 e. The number of fused-ring (bicyclic) bond motifs is 1. The lowest BCUT2D eigenvalue weighted by atomic mass is 9.97. The topological polar surface area (TPSA) is 57.6 Å². The molecule has 2 atom stereocenters. The highest BCUT2D eigenvalue weighted by Gasteiger charge is 2.50. The average Bonchev–Trinajstić information content (AvgIpc) is 3.17. The van der Waals surface area contributed by atoms with Crippen molar-refractivity contribution in [1.29, 1.82) is 0 Å². The van der Waals surface area contributed by atoms with Crippen LogP contribution in [0, 0.1) is 18.8 Å². The van der Waals surface area contributed by atoms with Gasteiger partial charge in [-0.2, -0.15) is 0 Å². The van der Waals surface area contributed by atoms with Gasteiger partial charge in [0, 0.05) is 17.6 Å². The number of rotatable bonds is 2. The van der Waals surface area contributed by atoms with Gasteiger partial charge in [0.15, 0.2) is 0 Å². The SMILES string of the molecule is Cc1cc(Br)c2c(c1)CN(C(=O)[C@@H]1C[C@H]1C(=O)O)CC2. The normalized spacial score (nSPS) is 24.2. The molecule has 0 aromatic heterocycles. The fourth-order valence-electron chi connectivity index (χ4n) is 2.96. The standard InChI is InChI=1S/C15H16BrNO3/c1-8-4-9-7-17(3-2-10(9)13(16)5-8)14(18)11-6-12(11)15(19)20/h4-5,11-12H,2-3,6-7H2,1H3,(H,19,20)/t11-,12-/m1/s1. The second-order valence-electron chi connectivity index (χ2n) is 5.68. The summed E-state index contributed by atoms with van der Waals surface area (Å²) in [4.78, 5) is 25.0. The number of hydrogen-bond acceptors (Lipinski definition) is 2. The van der Waals surface area contributed by atoms with E-state index in [1.54, 1.807) is 0 Å². The fraction of sp³-hybridized carbons (Fsp3) is 0.467. The van der Waals surface area contributed by atoms with Crippen LogP contribution in [0.25, 0.3) is 0 Å². The molecule has 1 N–H and O–H groups in total. The van der Waals surface area contributed by atoms with Crippen molar-refractivity contribution in [2.45, 2.75) is 26.3 Å². The molecule has 106 valence electrons. The summed E-state index contributed by atoms with van der Waals surface area (Å²) in [6.07, 6.45) is 1.32. The molecule has 0 radical (unpaired) electrons. The van der Waals surface area contributed by atoms with Crippen molar-refractivity contribution in [2.24, 2.45) is 11.8 Å². The quantitative estimate of drug-likeness (QED) is 0.901. The Morgan fingerprint density at radius 3 is 2.75 bits per heavy atom. The summed E-state index contributed by atoms with van der Waals surface area (Å²) >= 11 is 3.58. The summed E-state index contributed by atoms with van der Waals surface area (Å²) in [6.45, 7) is 3.31. The molecule has 1 heterocycles. The molecule has 0 unspecified atom stereocenters. The van der Waals surface area contributed by atoms with Gasteiger partial charge in [-0.3, -0.25) is 9.59 Å². The number of benzene rings is 1. The van der Waals surface area contributed by atoms with Crippen LogP contribution < -0.4 is 0 Å². The summed E-state index contributed by atoms with van der Waals surface area (Å²) in [7, 11) is 0. The van der Waals surface area contributed by atoms with E-state index in [2.05, 4.69) is 28.1 Å². The van der Waals surface area contributed by atoms with E-state index in [-0.39, 0.29) is 11.8 Å². The first-order valence-corrected chi connectivity index (χ1v) is 7.56. The minimum atomic E-state index is -0.848. The second kappa shape index (κ2) is 4.88. The van der Waals surface area contributed by atoms with Gasteiger partial charge in [0.05, 0.1) is 11.8 Å². The van der Waals surface area contributed by atoms with Crippen molar-refractivity contribution in [3.8, 4) is 0 Å². The van der Waals surface area contributed by atoms with Gasteiger partial charge >= 0.3 is 5.97 Å². The number of hydrogen-bond donors (Lipinski definition) is 1. The first kappa shape index (κ1) is 13.6. The zero-order chi connectivity index (χ0) is 14.4. The Balaban J connectivity index is 1.76. The van der Waals surface area contributed by atoms with Crippen LogP contribution in [0.2, 0.25) is 0 Å². The first-order valence-electron chi connectivity index (χ1n) is 6.77. The molecule has 0 bridgehead atoms. The maximum absolute atomic E-state index is 12.3. The molecule has 1 aliphatic carbocycles. The molecule has 20 heavy (non-hydrogen) atoms. The van der Waals surface area contributed by atoms with Crippen LogP contribution in [0.1, 0.15) is 23.1 Å². The number of aryl methyl sites for hydroxylation is 1. The predicted molar refractivity (Wildman–Crippen MR) is 77.2 cm³/mol. The Bertz CT molecular complexity index is 599. The number of nitrogens with zero attached hydrogens (tertiary/aromatic N) is 1. The summed E-state index contributed by atoms with van der Waals surface area (Å²) in [6, 6.07) is 4.21. The minimum absolute atomic E-state index is 0.000628. The molecule has 1 aromatic carbocycles. The monoisotopic (exact) mass is 337 g/mol. The van der Waals surface area contributed by atoms with Crippen molar-refractivity contribution in [1.82, 2.24) is 4.90 Å². The number of aliphatic carboxylic acids is 1. The Morgan fingerprint density at radius 1 is 1.35 bits per heavy atom. The molecule has 1 fully saturated rings.